The number of phenolic OH excluding ortho intramolecular Hbond substituents is 1. The average molecular weight is 450 g/mol. The summed E-state index contributed by atoms with van der Waals surface area (Å²) in [4.78, 5) is 6.87. The molecular weight excluding hydrogens is 419 g/mol. The predicted molar refractivity (Wildman–Crippen MR) is 118 cm³/mol. The van der Waals surface area contributed by atoms with Crippen molar-refractivity contribution in [2.45, 2.75) is 31.6 Å². The molecule has 2 saturated heterocycles. The average Bonchev–Trinajstić information content (AvgIpc) is 2.80. The van der Waals surface area contributed by atoms with E-state index in [1.165, 1.54) is 12.1 Å². The molecule has 174 valence electrons. The molecule has 0 bridgehead atoms. The number of piperazine rings is 1. The Bertz CT molecular complexity index is 914. The molecular formula is C24H30F3N3O2. The number of alkyl halides is 3. The van der Waals surface area contributed by atoms with Crippen LogP contribution < -0.4 is 9.64 Å². The minimum Gasteiger partial charge on any atom is -0.504 e. The lowest BCUT2D eigenvalue weighted by Gasteiger charge is -2.44. The molecule has 0 radical (unpaired) electrons. The number of rotatable bonds is 5. The molecule has 1 atom stereocenters. The van der Waals surface area contributed by atoms with Gasteiger partial charge in [0.05, 0.1) is 12.7 Å². The number of piperidine rings is 1. The van der Waals surface area contributed by atoms with Crippen LogP contribution in [0, 0.1) is 0 Å². The number of ether oxygens (including phenoxy) is 1. The Morgan fingerprint density at radius 1 is 1.03 bits per heavy atom. The number of phenols is 1. The van der Waals surface area contributed by atoms with E-state index in [0.717, 1.165) is 50.7 Å². The fourth-order valence-corrected chi connectivity index (χ4v) is 4.80. The molecule has 0 spiro atoms. The highest BCUT2D eigenvalue weighted by Gasteiger charge is 2.32. The van der Waals surface area contributed by atoms with Gasteiger partial charge < -0.3 is 14.7 Å². The topological polar surface area (TPSA) is 39.2 Å². The molecule has 2 aromatic carbocycles. The van der Waals surface area contributed by atoms with Gasteiger partial charge in [-0.05, 0) is 43.7 Å². The molecule has 0 amide bonds. The maximum Gasteiger partial charge on any atom is 0.416 e. The molecule has 0 unspecified atom stereocenters. The fraction of sp³-hybridized carbons (Fsp3) is 0.500. The first-order valence-corrected chi connectivity index (χ1v) is 11.1. The van der Waals surface area contributed by atoms with Gasteiger partial charge >= 0.3 is 6.18 Å². The van der Waals surface area contributed by atoms with Crippen LogP contribution in [0.2, 0.25) is 0 Å². The first-order chi connectivity index (χ1) is 15.3. The van der Waals surface area contributed by atoms with Crippen molar-refractivity contribution < 1.29 is 23.0 Å². The number of hydrogen-bond acceptors (Lipinski definition) is 5. The maximum atomic E-state index is 13.0. The Hall–Kier alpha value is -2.45. The molecule has 5 nitrogen and oxygen atoms in total. The Morgan fingerprint density at radius 2 is 1.78 bits per heavy atom. The highest BCUT2D eigenvalue weighted by Crippen LogP contribution is 2.33. The van der Waals surface area contributed by atoms with E-state index in [2.05, 4.69) is 9.80 Å². The molecule has 2 heterocycles. The van der Waals surface area contributed by atoms with Gasteiger partial charge in [0.25, 0.3) is 0 Å². The predicted octanol–water partition coefficient (Wildman–Crippen LogP) is 4.21. The summed E-state index contributed by atoms with van der Waals surface area (Å²) in [7, 11) is 1.55. The van der Waals surface area contributed by atoms with Gasteiger partial charge in [-0.15, -0.1) is 0 Å². The molecule has 0 aromatic heterocycles. The zero-order valence-corrected chi connectivity index (χ0v) is 18.3. The number of anilines is 1. The van der Waals surface area contributed by atoms with Gasteiger partial charge in [0.2, 0.25) is 0 Å². The highest BCUT2D eigenvalue weighted by atomic mass is 19.4. The third-order valence-corrected chi connectivity index (χ3v) is 6.55. The van der Waals surface area contributed by atoms with Crippen molar-refractivity contribution in [1.82, 2.24) is 9.80 Å². The van der Waals surface area contributed by atoms with Crippen molar-refractivity contribution in [3.63, 3.8) is 0 Å². The van der Waals surface area contributed by atoms with E-state index in [1.54, 1.807) is 19.2 Å². The standard InChI is InChI=1S/C24H30F3N3O2/c1-32-22-9-2-5-18(23(22)31)16-28-10-4-8-21(17-28)30-13-11-29(12-14-30)20-7-3-6-19(15-20)24(25,26)27/h2-3,5-7,9,15,21,31H,4,8,10-14,16-17H2,1H3/t21-/m1/s1. The second-order valence-corrected chi connectivity index (χ2v) is 8.57. The minimum atomic E-state index is -4.32. The number of halogens is 3. The Labute approximate surface area is 187 Å². The third kappa shape index (κ3) is 5.13. The Balaban J connectivity index is 1.34. The molecule has 8 heteroatoms. The summed E-state index contributed by atoms with van der Waals surface area (Å²) in [5.74, 6) is 0.689. The summed E-state index contributed by atoms with van der Waals surface area (Å²) >= 11 is 0. The van der Waals surface area contributed by atoms with Gasteiger partial charge in [0.1, 0.15) is 0 Å². The fourth-order valence-electron chi connectivity index (χ4n) is 4.80. The van der Waals surface area contributed by atoms with Crippen LogP contribution in [0.1, 0.15) is 24.0 Å². The van der Waals surface area contributed by atoms with E-state index in [1.807, 2.05) is 17.0 Å². The zero-order chi connectivity index (χ0) is 22.7. The summed E-state index contributed by atoms with van der Waals surface area (Å²) in [6.45, 7) is 5.67. The third-order valence-electron chi connectivity index (χ3n) is 6.55. The monoisotopic (exact) mass is 449 g/mol. The Kier molecular flexibility index (Phi) is 6.81. The molecule has 1 N–H and O–H groups in total. The van der Waals surface area contributed by atoms with Gasteiger partial charge in [-0.1, -0.05) is 18.2 Å². The minimum absolute atomic E-state index is 0.201. The van der Waals surface area contributed by atoms with Crippen LogP contribution >= 0.6 is 0 Å². The summed E-state index contributed by atoms with van der Waals surface area (Å²) < 4.78 is 44.4. The van der Waals surface area contributed by atoms with Gasteiger partial charge in [-0.25, -0.2) is 0 Å². The van der Waals surface area contributed by atoms with Crippen LogP contribution in [0.5, 0.6) is 11.5 Å². The second-order valence-electron chi connectivity index (χ2n) is 8.57. The van der Waals surface area contributed by atoms with E-state index in [0.29, 0.717) is 37.1 Å². The molecule has 4 rings (SSSR count). The highest BCUT2D eigenvalue weighted by molar-refractivity contribution is 5.49. The molecule has 0 saturated carbocycles. The van der Waals surface area contributed by atoms with Gasteiger partial charge in [-0.3, -0.25) is 9.80 Å². The lowest BCUT2D eigenvalue weighted by Crippen LogP contribution is -2.55. The number of para-hydroxylation sites is 1. The lowest BCUT2D eigenvalue weighted by atomic mass is 10.0. The molecule has 0 aliphatic carbocycles. The van der Waals surface area contributed by atoms with Crippen molar-refractivity contribution in [1.29, 1.82) is 0 Å². The van der Waals surface area contributed by atoms with Crippen molar-refractivity contribution in [3.05, 3.63) is 53.6 Å². The summed E-state index contributed by atoms with van der Waals surface area (Å²) in [6.07, 6.45) is -2.12. The van der Waals surface area contributed by atoms with Crippen LogP contribution in [0.4, 0.5) is 18.9 Å². The van der Waals surface area contributed by atoms with Gasteiger partial charge in [0, 0.05) is 56.6 Å². The number of likely N-dealkylation sites (tertiary alicyclic amines) is 1. The van der Waals surface area contributed by atoms with Crippen LogP contribution in [0.3, 0.4) is 0 Å². The zero-order valence-electron chi connectivity index (χ0n) is 18.3. The van der Waals surface area contributed by atoms with E-state index in [-0.39, 0.29) is 5.75 Å². The summed E-state index contributed by atoms with van der Waals surface area (Å²) in [5, 5.41) is 10.4. The van der Waals surface area contributed by atoms with Gasteiger partial charge in [-0.2, -0.15) is 13.2 Å². The van der Waals surface area contributed by atoms with Crippen molar-refractivity contribution >= 4 is 5.69 Å². The van der Waals surface area contributed by atoms with Gasteiger partial charge in [0.15, 0.2) is 11.5 Å². The molecule has 2 aliphatic rings. The van der Waals surface area contributed by atoms with Crippen LogP contribution in [0.15, 0.2) is 42.5 Å². The van der Waals surface area contributed by atoms with Crippen molar-refractivity contribution in [2.75, 3.05) is 51.3 Å². The number of aromatic hydroxyl groups is 1. The second kappa shape index (κ2) is 9.58. The summed E-state index contributed by atoms with van der Waals surface area (Å²) in [5.41, 5.74) is 0.902. The van der Waals surface area contributed by atoms with Crippen LogP contribution in [-0.2, 0) is 12.7 Å². The number of methoxy groups -OCH3 is 1. The SMILES string of the molecule is COc1cccc(CN2CCC[C@@H](N3CCN(c4cccc(C(F)(F)F)c4)CC3)C2)c1O. The van der Waals surface area contributed by atoms with Crippen molar-refractivity contribution in [2.24, 2.45) is 0 Å². The summed E-state index contributed by atoms with van der Waals surface area (Å²) in [6, 6.07) is 11.6. The molecule has 2 aromatic rings. The maximum absolute atomic E-state index is 13.0. The van der Waals surface area contributed by atoms with E-state index >= 15 is 0 Å². The largest absolute Gasteiger partial charge is 0.504 e. The molecule has 32 heavy (non-hydrogen) atoms. The van der Waals surface area contributed by atoms with Crippen molar-refractivity contribution in [3.8, 4) is 11.5 Å². The van der Waals surface area contributed by atoms with E-state index < -0.39 is 11.7 Å². The van der Waals surface area contributed by atoms with E-state index in [4.69, 9.17) is 4.74 Å². The normalized spacial score (nSPS) is 21.0. The lowest BCUT2D eigenvalue weighted by molar-refractivity contribution is -0.137. The molecule has 2 fully saturated rings. The molecule has 2 aliphatic heterocycles. The smallest absolute Gasteiger partial charge is 0.416 e. The van der Waals surface area contributed by atoms with E-state index in [9.17, 15) is 18.3 Å². The first kappa shape index (κ1) is 22.7. The number of nitrogens with zero attached hydrogens (tertiary/aromatic N) is 3. The van der Waals surface area contributed by atoms with Crippen LogP contribution in [0.25, 0.3) is 0 Å². The quantitative estimate of drug-likeness (QED) is 0.741. The number of benzene rings is 2. The Morgan fingerprint density at radius 3 is 2.50 bits per heavy atom. The number of hydrogen-bond donors (Lipinski definition) is 1. The van der Waals surface area contributed by atoms with Crippen LogP contribution in [-0.4, -0.2) is 67.3 Å². The first-order valence-electron chi connectivity index (χ1n) is 11.1.